The number of aromatic nitrogens is 2. The minimum atomic E-state index is 0.493. The summed E-state index contributed by atoms with van der Waals surface area (Å²) in [6.07, 6.45) is 2.48. The van der Waals surface area contributed by atoms with Gasteiger partial charge in [0.05, 0.1) is 24.4 Å². The number of ether oxygens (including phenoxy) is 2. The predicted molar refractivity (Wildman–Crippen MR) is 69.1 cm³/mol. The molecule has 0 fully saturated rings. The Labute approximate surface area is 109 Å². The van der Waals surface area contributed by atoms with Gasteiger partial charge in [0.25, 0.3) is 0 Å². The number of nitrogens with zero attached hydrogens (tertiary/aromatic N) is 1. The lowest BCUT2D eigenvalue weighted by Gasteiger charge is -2.13. The molecule has 1 aromatic carbocycles. The van der Waals surface area contributed by atoms with Crippen LogP contribution in [0.15, 0.2) is 18.3 Å². The molecule has 1 aliphatic rings. The number of hydrogen-bond acceptors (Lipinski definition) is 4. The van der Waals surface area contributed by atoms with Gasteiger partial charge in [-0.25, -0.2) is 0 Å². The van der Waals surface area contributed by atoms with E-state index < -0.39 is 0 Å². The first-order chi connectivity index (χ1) is 8.77. The SMILES string of the molecule is Nc1[nH]ncc1-c1ccc(Cl)c2c1OCCCO2. The molecule has 1 aromatic heterocycles. The molecule has 2 aromatic rings. The molecule has 5 nitrogen and oxygen atoms in total. The minimum absolute atomic E-state index is 0.493. The second-order valence-corrected chi connectivity index (χ2v) is 4.41. The Morgan fingerprint density at radius 3 is 2.67 bits per heavy atom. The number of fused-ring (bicyclic) bond motifs is 1. The minimum Gasteiger partial charge on any atom is -0.489 e. The van der Waals surface area contributed by atoms with Crippen molar-refractivity contribution in [2.24, 2.45) is 0 Å². The van der Waals surface area contributed by atoms with Crippen LogP contribution in [0, 0.1) is 0 Å². The Morgan fingerprint density at radius 1 is 1.17 bits per heavy atom. The molecule has 2 heterocycles. The number of benzene rings is 1. The lowest BCUT2D eigenvalue weighted by Crippen LogP contribution is -1.98. The van der Waals surface area contributed by atoms with E-state index in [1.807, 2.05) is 6.07 Å². The van der Waals surface area contributed by atoms with E-state index in [0.717, 1.165) is 17.5 Å². The van der Waals surface area contributed by atoms with Gasteiger partial charge in [0, 0.05) is 17.5 Å². The van der Waals surface area contributed by atoms with Crippen molar-refractivity contribution >= 4 is 17.4 Å². The number of aromatic amines is 1. The molecule has 18 heavy (non-hydrogen) atoms. The van der Waals surface area contributed by atoms with Crippen LogP contribution in [-0.2, 0) is 0 Å². The molecule has 1 aliphatic heterocycles. The highest BCUT2D eigenvalue weighted by atomic mass is 35.5. The van der Waals surface area contributed by atoms with E-state index in [0.29, 0.717) is 35.6 Å². The number of anilines is 1. The lowest BCUT2D eigenvalue weighted by molar-refractivity contribution is 0.297. The Balaban J connectivity index is 2.19. The number of hydrogen-bond donors (Lipinski definition) is 2. The standard InChI is InChI=1S/C12H12ClN3O2/c13-9-3-2-7(8-6-15-16-12(8)14)10-11(9)18-5-1-4-17-10/h2-3,6H,1,4-5H2,(H3,14,15,16). The fourth-order valence-corrected chi connectivity index (χ4v) is 2.15. The Morgan fingerprint density at radius 2 is 1.94 bits per heavy atom. The average Bonchev–Trinajstić information content (AvgIpc) is 2.65. The molecule has 0 bridgehead atoms. The number of nitrogens with two attached hydrogens (primary N) is 1. The van der Waals surface area contributed by atoms with Gasteiger partial charge < -0.3 is 15.2 Å². The fourth-order valence-electron chi connectivity index (χ4n) is 1.95. The van der Waals surface area contributed by atoms with Gasteiger partial charge in [-0.15, -0.1) is 0 Å². The summed E-state index contributed by atoms with van der Waals surface area (Å²) in [4.78, 5) is 0. The number of nitrogens with one attached hydrogen (secondary N) is 1. The zero-order chi connectivity index (χ0) is 12.5. The van der Waals surface area contributed by atoms with Crippen LogP contribution >= 0.6 is 11.6 Å². The third kappa shape index (κ3) is 1.76. The first-order valence-electron chi connectivity index (χ1n) is 5.64. The van der Waals surface area contributed by atoms with E-state index in [2.05, 4.69) is 10.2 Å². The van der Waals surface area contributed by atoms with Gasteiger partial charge in [-0.2, -0.15) is 5.10 Å². The van der Waals surface area contributed by atoms with Crippen LogP contribution in [0.4, 0.5) is 5.82 Å². The summed E-state index contributed by atoms with van der Waals surface area (Å²) in [6.45, 7) is 1.19. The van der Waals surface area contributed by atoms with Crippen molar-refractivity contribution in [2.75, 3.05) is 18.9 Å². The summed E-state index contributed by atoms with van der Waals surface area (Å²) in [7, 11) is 0. The van der Waals surface area contributed by atoms with Gasteiger partial charge in [0.2, 0.25) is 0 Å². The molecule has 0 saturated heterocycles. The molecule has 0 atom stereocenters. The third-order valence-electron chi connectivity index (χ3n) is 2.80. The first kappa shape index (κ1) is 11.2. The topological polar surface area (TPSA) is 73.2 Å². The third-order valence-corrected chi connectivity index (χ3v) is 3.10. The van der Waals surface area contributed by atoms with E-state index in [1.165, 1.54) is 0 Å². The highest BCUT2D eigenvalue weighted by molar-refractivity contribution is 6.32. The van der Waals surface area contributed by atoms with Crippen molar-refractivity contribution < 1.29 is 9.47 Å². The summed E-state index contributed by atoms with van der Waals surface area (Å²) >= 11 is 6.13. The molecular weight excluding hydrogens is 254 g/mol. The maximum absolute atomic E-state index is 6.13. The molecule has 3 N–H and O–H groups in total. The van der Waals surface area contributed by atoms with Gasteiger partial charge in [0.15, 0.2) is 11.5 Å². The molecule has 0 saturated carbocycles. The van der Waals surface area contributed by atoms with Crippen LogP contribution in [0.1, 0.15) is 6.42 Å². The van der Waals surface area contributed by atoms with Crippen LogP contribution in [0.3, 0.4) is 0 Å². The molecule has 0 amide bonds. The monoisotopic (exact) mass is 265 g/mol. The molecule has 0 aliphatic carbocycles. The average molecular weight is 266 g/mol. The summed E-state index contributed by atoms with van der Waals surface area (Å²) in [5, 5.41) is 7.16. The van der Waals surface area contributed by atoms with Gasteiger partial charge in [-0.1, -0.05) is 11.6 Å². The number of H-pyrrole nitrogens is 1. The number of halogens is 1. The zero-order valence-electron chi connectivity index (χ0n) is 9.57. The van der Waals surface area contributed by atoms with Crippen molar-refractivity contribution in [1.82, 2.24) is 10.2 Å². The summed E-state index contributed by atoms with van der Waals surface area (Å²) < 4.78 is 11.4. The van der Waals surface area contributed by atoms with Crippen LogP contribution in [0.2, 0.25) is 5.02 Å². The van der Waals surface area contributed by atoms with Crippen LogP contribution in [0.25, 0.3) is 11.1 Å². The quantitative estimate of drug-likeness (QED) is 0.831. The number of nitrogen functional groups attached to an aromatic ring is 1. The summed E-state index contributed by atoms with van der Waals surface area (Å²) in [6, 6.07) is 3.63. The van der Waals surface area contributed by atoms with Crippen molar-refractivity contribution in [3.63, 3.8) is 0 Å². The second kappa shape index (κ2) is 4.42. The molecule has 94 valence electrons. The fraction of sp³-hybridized carbons (Fsp3) is 0.250. The molecule has 0 unspecified atom stereocenters. The molecule has 3 rings (SSSR count). The normalized spacial score (nSPS) is 14.3. The van der Waals surface area contributed by atoms with Crippen LogP contribution in [0.5, 0.6) is 11.5 Å². The Kier molecular flexibility index (Phi) is 2.76. The van der Waals surface area contributed by atoms with Crippen molar-refractivity contribution in [3.05, 3.63) is 23.4 Å². The van der Waals surface area contributed by atoms with E-state index in [-0.39, 0.29) is 0 Å². The van der Waals surface area contributed by atoms with Gasteiger partial charge in [-0.05, 0) is 12.1 Å². The Bertz CT molecular complexity index is 583. The van der Waals surface area contributed by atoms with Crippen LogP contribution < -0.4 is 15.2 Å². The maximum atomic E-state index is 6.13. The molecule has 0 radical (unpaired) electrons. The number of rotatable bonds is 1. The summed E-state index contributed by atoms with van der Waals surface area (Å²) in [5.41, 5.74) is 7.46. The zero-order valence-corrected chi connectivity index (χ0v) is 10.3. The second-order valence-electron chi connectivity index (χ2n) is 4.00. The largest absolute Gasteiger partial charge is 0.489 e. The Hall–Kier alpha value is -1.88. The maximum Gasteiger partial charge on any atom is 0.180 e. The van der Waals surface area contributed by atoms with Gasteiger partial charge >= 0.3 is 0 Å². The van der Waals surface area contributed by atoms with E-state index in [9.17, 15) is 0 Å². The van der Waals surface area contributed by atoms with Crippen LogP contribution in [-0.4, -0.2) is 23.4 Å². The van der Waals surface area contributed by atoms with Crippen molar-refractivity contribution in [2.45, 2.75) is 6.42 Å². The molecular formula is C12H12ClN3O2. The summed E-state index contributed by atoms with van der Waals surface area (Å²) in [5.74, 6) is 1.70. The predicted octanol–water partition coefficient (Wildman–Crippen LogP) is 2.47. The van der Waals surface area contributed by atoms with Gasteiger partial charge in [0.1, 0.15) is 5.82 Å². The van der Waals surface area contributed by atoms with E-state index in [4.69, 9.17) is 26.8 Å². The lowest BCUT2D eigenvalue weighted by atomic mass is 10.1. The molecule has 0 spiro atoms. The van der Waals surface area contributed by atoms with E-state index in [1.54, 1.807) is 12.3 Å². The highest BCUT2D eigenvalue weighted by Crippen LogP contribution is 2.44. The van der Waals surface area contributed by atoms with Crippen molar-refractivity contribution in [3.8, 4) is 22.6 Å². The smallest absolute Gasteiger partial charge is 0.180 e. The van der Waals surface area contributed by atoms with E-state index >= 15 is 0 Å². The highest BCUT2D eigenvalue weighted by Gasteiger charge is 2.20. The first-order valence-corrected chi connectivity index (χ1v) is 6.02. The van der Waals surface area contributed by atoms with Gasteiger partial charge in [-0.3, -0.25) is 5.10 Å². The molecule has 6 heteroatoms. The van der Waals surface area contributed by atoms with Crippen molar-refractivity contribution in [1.29, 1.82) is 0 Å².